The van der Waals surface area contributed by atoms with Crippen LogP contribution in [0.4, 0.5) is 18.9 Å². The quantitative estimate of drug-likeness (QED) is 0.552. The largest absolute Gasteiger partial charge is 0.406 e. The molecular weight excluding hydrogens is 413 g/mol. The summed E-state index contributed by atoms with van der Waals surface area (Å²) in [7, 11) is 0. The Kier molecular flexibility index (Phi) is 6.47. The van der Waals surface area contributed by atoms with Gasteiger partial charge < -0.3 is 9.88 Å². The minimum atomic E-state index is -4.44. The normalized spacial score (nSPS) is 12.2. The molecule has 1 heterocycles. The average Bonchev–Trinajstić information content (AvgIpc) is 3.09. The number of halogens is 3. The SMILES string of the molecule is CC(Sc1ncc(-c2ccccc2)n1CC(F)(F)F)C(=O)Nc1cccc(C#N)c1. The van der Waals surface area contributed by atoms with E-state index in [1.165, 1.54) is 12.3 Å². The Balaban J connectivity index is 1.82. The summed E-state index contributed by atoms with van der Waals surface area (Å²) in [6, 6.07) is 17.0. The van der Waals surface area contributed by atoms with E-state index in [0.29, 0.717) is 22.5 Å². The standard InChI is InChI=1S/C21H17F3N4OS/c1-14(19(29)27-17-9-5-6-15(10-17)11-25)30-20-26-12-18(16-7-3-2-4-8-16)28(20)13-21(22,23)24/h2-10,12,14H,13H2,1H3,(H,27,29). The van der Waals surface area contributed by atoms with Crippen LogP contribution in [0.2, 0.25) is 0 Å². The molecule has 0 aliphatic heterocycles. The maximum absolute atomic E-state index is 13.2. The number of nitrogens with zero attached hydrogens (tertiary/aromatic N) is 3. The summed E-state index contributed by atoms with van der Waals surface area (Å²) in [4.78, 5) is 16.7. The number of amides is 1. The molecule has 0 bridgehead atoms. The van der Waals surface area contributed by atoms with Crippen LogP contribution >= 0.6 is 11.8 Å². The number of rotatable bonds is 6. The van der Waals surface area contributed by atoms with Crippen molar-refractivity contribution in [1.82, 2.24) is 9.55 Å². The highest BCUT2D eigenvalue weighted by Gasteiger charge is 2.31. The van der Waals surface area contributed by atoms with Crippen LogP contribution in [-0.4, -0.2) is 26.9 Å². The van der Waals surface area contributed by atoms with Crippen LogP contribution in [0.5, 0.6) is 0 Å². The molecule has 1 N–H and O–H groups in total. The summed E-state index contributed by atoms with van der Waals surface area (Å²) >= 11 is 0.938. The van der Waals surface area contributed by atoms with Gasteiger partial charge >= 0.3 is 6.18 Å². The first-order valence-electron chi connectivity index (χ1n) is 8.92. The van der Waals surface area contributed by atoms with Gasteiger partial charge in [0.25, 0.3) is 0 Å². The fourth-order valence-electron chi connectivity index (χ4n) is 2.75. The smallest absolute Gasteiger partial charge is 0.325 e. The number of imidazole rings is 1. The summed E-state index contributed by atoms with van der Waals surface area (Å²) in [6.07, 6.45) is -3.06. The number of thioether (sulfide) groups is 1. The monoisotopic (exact) mass is 430 g/mol. The molecule has 0 saturated heterocycles. The lowest BCUT2D eigenvalue weighted by Gasteiger charge is -2.16. The van der Waals surface area contributed by atoms with Gasteiger partial charge in [0, 0.05) is 5.69 Å². The van der Waals surface area contributed by atoms with E-state index in [-0.39, 0.29) is 5.16 Å². The molecule has 5 nitrogen and oxygen atoms in total. The molecule has 0 radical (unpaired) electrons. The van der Waals surface area contributed by atoms with Crippen LogP contribution in [0, 0.1) is 11.3 Å². The van der Waals surface area contributed by atoms with E-state index in [1.807, 2.05) is 6.07 Å². The van der Waals surface area contributed by atoms with E-state index in [9.17, 15) is 18.0 Å². The number of carbonyl (C=O) groups excluding carboxylic acids is 1. The van der Waals surface area contributed by atoms with E-state index in [4.69, 9.17) is 5.26 Å². The zero-order valence-electron chi connectivity index (χ0n) is 15.8. The first-order valence-corrected chi connectivity index (χ1v) is 9.80. The number of carbonyl (C=O) groups is 1. The predicted molar refractivity (Wildman–Crippen MR) is 109 cm³/mol. The Morgan fingerprint density at radius 1 is 1.23 bits per heavy atom. The van der Waals surface area contributed by atoms with Gasteiger partial charge in [-0.1, -0.05) is 48.2 Å². The van der Waals surface area contributed by atoms with E-state index in [1.54, 1.807) is 55.5 Å². The van der Waals surface area contributed by atoms with E-state index in [2.05, 4.69) is 10.3 Å². The third kappa shape index (κ3) is 5.42. The van der Waals surface area contributed by atoms with E-state index < -0.39 is 23.9 Å². The molecule has 0 aliphatic rings. The molecular formula is C21H17F3N4OS. The lowest BCUT2D eigenvalue weighted by Crippen LogP contribution is -2.24. The third-order valence-corrected chi connectivity index (χ3v) is 5.24. The number of anilines is 1. The van der Waals surface area contributed by atoms with Crippen molar-refractivity contribution in [3.05, 3.63) is 66.4 Å². The van der Waals surface area contributed by atoms with Crippen molar-refractivity contribution in [1.29, 1.82) is 5.26 Å². The maximum Gasteiger partial charge on any atom is 0.406 e. The maximum atomic E-state index is 13.2. The topological polar surface area (TPSA) is 70.7 Å². The van der Waals surface area contributed by atoms with Gasteiger partial charge in [-0.05, 0) is 30.7 Å². The van der Waals surface area contributed by atoms with Gasteiger partial charge in [0.1, 0.15) is 6.54 Å². The second-order valence-electron chi connectivity index (χ2n) is 6.44. The van der Waals surface area contributed by atoms with Gasteiger partial charge in [-0.3, -0.25) is 4.79 Å². The van der Waals surface area contributed by atoms with Gasteiger partial charge in [0.05, 0.1) is 28.8 Å². The Labute approximate surface area is 175 Å². The molecule has 9 heteroatoms. The van der Waals surface area contributed by atoms with Crippen molar-refractivity contribution >= 4 is 23.4 Å². The molecule has 1 amide bonds. The number of hydrogen-bond donors (Lipinski definition) is 1. The van der Waals surface area contributed by atoms with Gasteiger partial charge in [-0.15, -0.1) is 0 Å². The lowest BCUT2D eigenvalue weighted by molar-refractivity contribution is -0.141. The molecule has 3 rings (SSSR count). The summed E-state index contributed by atoms with van der Waals surface area (Å²) in [5.41, 5.74) is 1.76. The Bertz CT molecular complexity index is 1070. The minimum absolute atomic E-state index is 0.0969. The number of alkyl halides is 3. The van der Waals surface area contributed by atoms with Gasteiger partial charge in [-0.2, -0.15) is 18.4 Å². The second kappa shape index (κ2) is 9.05. The van der Waals surface area contributed by atoms with Crippen molar-refractivity contribution in [2.75, 3.05) is 5.32 Å². The molecule has 30 heavy (non-hydrogen) atoms. The lowest BCUT2D eigenvalue weighted by atomic mass is 10.2. The average molecular weight is 430 g/mol. The van der Waals surface area contributed by atoms with Crippen molar-refractivity contribution < 1.29 is 18.0 Å². The summed E-state index contributed by atoms with van der Waals surface area (Å²) in [5.74, 6) is -0.405. The number of nitrogens with one attached hydrogen (secondary N) is 1. The zero-order valence-corrected chi connectivity index (χ0v) is 16.7. The van der Waals surface area contributed by atoms with Crippen molar-refractivity contribution in [2.45, 2.75) is 30.1 Å². The van der Waals surface area contributed by atoms with Crippen LogP contribution in [0.15, 0.2) is 66.0 Å². The Hall–Kier alpha value is -3.25. The fraction of sp³-hybridized carbons (Fsp3) is 0.190. The van der Waals surface area contributed by atoms with E-state index in [0.717, 1.165) is 16.3 Å². The first-order chi connectivity index (χ1) is 14.3. The van der Waals surface area contributed by atoms with Crippen molar-refractivity contribution in [3.8, 4) is 17.3 Å². The van der Waals surface area contributed by atoms with Crippen LogP contribution in [0.25, 0.3) is 11.3 Å². The zero-order chi connectivity index (χ0) is 21.7. The minimum Gasteiger partial charge on any atom is -0.325 e. The van der Waals surface area contributed by atoms with Gasteiger partial charge in [0.15, 0.2) is 5.16 Å². The van der Waals surface area contributed by atoms with Crippen LogP contribution < -0.4 is 5.32 Å². The molecule has 2 aromatic carbocycles. The first kappa shape index (κ1) is 21.5. The molecule has 0 fully saturated rings. The highest BCUT2D eigenvalue weighted by Crippen LogP contribution is 2.32. The fourth-order valence-corrected chi connectivity index (χ4v) is 3.63. The van der Waals surface area contributed by atoms with Gasteiger partial charge in [0.2, 0.25) is 5.91 Å². The predicted octanol–water partition coefficient (Wildman–Crippen LogP) is 5.10. The molecule has 1 aromatic heterocycles. The highest BCUT2D eigenvalue weighted by atomic mass is 32.2. The summed E-state index contributed by atoms with van der Waals surface area (Å²) < 4.78 is 40.6. The Morgan fingerprint density at radius 3 is 2.63 bits per heavy atom. The van der Waals surface area contributed by atoms with Crippen LogP contribution in [-0.2, 0) is 11.3 Å². The van der Waals surface area contributed by atoms with E-state index >= 15 is 0 Å². The van der Waals surface area contributed by atoms with Crippen molar-refractivity contribution in [3.63, 3.8) is 0 Å². The molecule has 3 aromatic rings. The Morgan fingerprint density at radius 2 is 1.97 bits per heavy atom. The number of aromatic nitrogens is 2. The molecule has 1 unspecified atom stereocenters. The number of nitriles is 1. The third-order valence-electron chi connectivity index (χ3n) is 4.14. The summed E-state index contributed by atoms with van der Waals surface area (Å²) in [5, 5.41) is 11.0. The van der Waals surface area contributed by atoms with Gasteiger partial charge in [-0.25, -0.2) is 4.98 Å². The van der Waals surface area contributed by atoms with Crippen LogP contribution in [0.1, 0.15) is 12.5 Å². The number of hydrogen-bond acceptors (Lipinski definition) is 4. The van der Waals surface area contributed by atoms with Crippen molar-refractivity contribution in [2.24, 2.45) is 0 Å². The molecule has 0 aliphatic carbocycles. The van der Waals surface area contributed by atoms with Crippen LogP contribution in [0.3, 0.4) is 0 Å². The highest BCUT2D eigenvalue weighted by molar-refractivity contribution is 8.00. The molecule has 0 saturated carbocycles. The molecule has 0 spiro atoms. The number of benzene rings is 2. The summed E-state index contributed by atoms with van der Waals surface area (Å²) in [6.45, 7) is 0.376. The second-order valence-corrected chi connectivity index (χ2v) is 7.74. The molecule has 1 atom stereocenters. The molecule has 154 valence electrons.